The van der Waals surface area contributed by atoms with Crippen LogP contribution in [0.5, 0.6) is 0 Å². The van der Waals surface area contributed by atoms with E-state index < -0.39 is 0 Å². The zero-order valence-electron chi connectivity index (χ0n) is 12.6. The second-order valence-electron chi connectivity index (χ2n) is 6.37. The van der Waals surface area contributed by atoms with Gasteiger partial charge in [-0.1, -0.05) is 19.8 Å². The van der Waals surface area contributed by atoms with Crippen molar-refractivity contribution >= 4 is 11.3 Å². The maximum absolute atomic E-state index is 6.61. The molecular formula is C15H27N3S. The molecule has 0 aromatic carbocycles. The van der Waals surface area contributed by atoms with Crippen molar-refractivity contribution in [3.63, 3.8) is 0 Å². The highest BCUT2D eigenvalue weighted by Crippen LogP contribution is 2.38. The van der Waals surface area contributed by atoms with Crippen LogP contribution in [-0.4, -0.2) is 35.6 Å². The minimum absolute atomic E-state index is 0.148. The van der Waals surface area contributed by atoms with Crippen molar-refractivity contribution in [3.05, 3.63) is 16.1 Å². The second-order valence-corrected chi connectivity index (χ2v) is 7.43. The minimum atomic E-state index is 0.148. The van der Waals surface area contributed by atoms with Crippen LogP contribution in [-0.2, 0) is 6.42 Å². The minimum Gasteiger partial charge on any atom is -0.326 e. The lowest BCUT2D eigenvalue weighted by Crippen LogP contribution is -2.60. The molecule has 0 bridgehead atoms. The number of hydrogen-bond acceptors (Lipinski definition) is 4. The van der Waals surface area contributed by atoms with E-state index in [1.165, 1.54) is 25.7 Å². The molecule has 0 spiro atoms. The molecule has 0 amide bonds. The van der Waals surface area contributed by atoms with E-state index >= 15 is 0 Å². The predicted molar refractivity (Wildman–Crippen MR) is 82.6 cm³/mol. The second kappa shape index (κ2) is 5.90. The Bertz CT molecular complexity index is 415. The number of likely N-dealkylation sites (N-methyl/N-ethyl adjacent to an activating group) is 1. The van der Waals surface area contributed by atoms with Gasteiger partial charge in [0.15, 0.2) is 0 Å². The van der Waals surface area contributed by atoms with Gasteiger partial charge in [-0.05, 0) is 39.8 Å². The maximum Gasteiger partial charge on any atom is 0.0897 e. The molecule has 19 heavy (non-hydrogen) atoms. The van der Waals surface area contributed by atoms with Gasteiger partial charge >= 0.3 is 0 Å². The molecule has 1 heterocycles. The predicted octanol–water partition coefficient (Wildman–Crippen LogP) is 2.83. The van der Waals surface area contributed by atoms with Gasteiger partial charge < -0.3 is 10.6 Å². The van der Waals surface area contributed by atoms with E-state index in [1.807, 2.05) is 0 Å². The van der Waals surface area contributed by atoms with Crippen LogP contribution in [0.4, 0.5) is 0 Å². The number of aromatic nitrogens is 1. The van der Waals surface area contributed by atoms with Gasteiger partial charge in [0.05, 0.1) is 10.7 Å². The summed E-state index contributed by atoms with van der Waals surface area (Å²) in [7, 11) is 4.37. The highest BCUT2D eigenvalue weighted by Gasteiger charge is 2.42. The number of hydrogen-bond donors (Lipinski definition) is 1. The van der Waals surface area contributed by atoms with Crippen LogP contribution in [0.2, 0.25) is 0 Å². The van der Waals surface area contributed by atoms with Gasteiger partial charge in [-0.15, -0.1) is 11.3 Å². The van der Waals surface area contributed by atoms with Crippen molar-refractivity contribution in [2.24, 2.45) is 11.7 Å². The first kappa shape index (κ1) is 14.9. The highest BCUT2D eigenvalue weighted by molar-refractivity contribution is 7.09. The smallest absolute Gasteiger partial charge is 0.0897 e. The van der Waals surface area contributed by atoms with Crippen molar-refractivity contribution in [3.8, 4) is 0 Å². The van der Waals surface area contributed by atoms with Crippen molar-refractivity contribution in [2.75, 3.05) is 14.1 Å². The van der Waals surface area contributed by atoms with Crippen molar-refractivity contribution in [2.45, 2.75) is 57.5 Å². The van der Waals surface area contributed by atoms with Crippen LogP contribution in [0.3, 0.4) is 0 Å². The van der Waals surface area contributed by atoms with E-state index in [4.69, 9.17) is 5.73 Å². The molecule has 1 aliphatic rings. The number of nitrogens with two attached hydrogens (primary N) is 1. The van der Waals surface area contributed by atoms with Gasteiger partial charge in [0.1, 0.15) is 0 Å². The fourth-order valence-corrected chi connectivity index (χ4v) is 4.18. The average molecular weight is 281 g/mol. The largest absolute Gasteiger partial charge is 0.326 e. The third-order valence-corrected chi connectivity index (χ3v) is 5.51. The van der Waals surface area contributed by atoms with Gasteiger partial charge in [0, 0.05) is 23.4 Å². The fourth-order valence-electron chi connectivity index (χ4n) is 3.56. The number of nitrogens with zero attached hydrogens (tertiary/aromatic N) is 2. The topological polar surface area (TPSA) is 42.1 Å². The Morgan fingerprint density at radius 3 is 2.84 bits per heavy atom. The summed E-state index contributed by atoms with van der Waals surface area (Å²) in [5.41, 5.74) is 7.92. The molecule has 0 aliphatic heterocycles. The van der Waals surface area contributed by atoms with Gasteiger partial charge in [0.25, 0.3) is 0 Å². The van der Waals surface area contributed by atoms with Crippen LogP contribution in [0, 0.1) is 12.8 Å². The highest BCUT2D eigenvalue weighted by atomic mass is 32.1. The molecule has 0 radical (unpaired) electrons. The number of aryl methyl sites for hydroxylation is 1. The number of rotatable bonds is 4. The van der Waals surface area contributed by atoms with E-state index in [9.17, 15) is 0 Å². The van der Waals surface area contributed by atoms with Crippen LogP contribution < -0.4 is 5.73 Å². The van der Waals surface area contributed by atoms with Crippen molar-refractivity contribution < 1.29 is 0 Å². The first-order chi connectivity index (χ1) is 8.94. The Morgan fingerprint density at radius 2 is 2.32 bits per heavy atom. The lowest BCUT2D eigenvalue weighted by molar-refractivity contribution is 0.0501. The van der Waals surface area contributed by atoms with E-state index in [1.54, 1.807) is 11.3 Å². The molecule has 4 heteroatoms. The molecule has 2 rings (SSSR count). The first-order valence-electron chi connectivity index (χ1n) is 7.28. The van der Waals surface area contributed by atoms with E-state index in [0.29, 0.717) is 0 Å². The van der Waals surface area contributed by atoms with Gasteiger partial charge in [-0.25, -0.2) is 4.98 Å². The summed E-state index contributed by atoms with van der Waals surface area (Å²) in [6.07, 6.45) is 5.97. The van der Waals surface area contributed by atoms with Crippen LogP contribution in [0.15, 0.2) is 5.38 Å². The fraction of sp³-hybridized carbons (Fsp3) is 0.800. The zero-order chi connectivity index (χ0) is 14.0. The van der Waals surface area contributed by atoms with Crippen LogP contribution >= 0.6 is 11.3 Å². The van der Waals surface area contributed by atoms with E-state index in [-0.39, 0.29) is 11.6 Å². The molecule has 3 unspecified atom stereocenters. The summed E-state index contributed by atoms with van der Waals surface area (Å²) in [6, 6.07) is 0.173. The Kier molecular flexibility index (Phi) is 4.64. The quantitative estimate of drug-likeness (QED) is 0.923. The SMILES string of the molecule is Cc1nc(CC(N)C2(N(C)C)CCCC(C)C2)cs1. The standard InChI is InChI=1S/C15H27N3S/c1-11-6-5-7-15(9-11,18(3)4)14(16)8-13-10-19-12(2)17-13/h10-11,14H,5-9,16H2,1-4H3. The molecule has 1 aromatic rings. The molecule has 1 aliphatic carbocycles. The molecule has 1 aromatic heterocycles. The Labute approximate surface area is 121 Å². The third-order valence-electron chi connectivity index (χ3n) is 4.69. The molecular weight excluding hydrogens is 254 g/mol. The number of thiazole rings is 1. The molecule has 1 saturated carbocycles. The van der Waals surface area contributed by atoms with E-state index in [0.717, 1.165) is 23.0 Å². The van der Waals surface area contributed by atoms with Gasteiger partial charge in [-0.3, -0.25) is 0 Å². The first-order valence-corrected chi connectivity index (χ1v) is 8.16. The van der Waals surface area contributed by atoms with Crippen LogP contribution in [0.25, 0.3) is 0 Å². The Morgan fingerprint density at radius 1 is 1.58 bits per heavy atom. The molecule has 3 atom stereocenters. The lowest BCUT2D eigenvalue weighted by atomic mass is 9.70. The Hall–Kier alpha value is -0.450. The summed E-state index contributed by atoms with van der Waals surface area (Å²) in [5.74, 6) is 0.777. The normalized spacial score (nSPS) is 29.7. The zero-order valence-corrected chi connectivity index (χ0v) is 13.5. The molecule has 0 saturated heterocycles. The molecule has 2 N–H and O–H groups in total. The molecule has 1 fully saturated rings. The van der Waals surface area contributed by atoms with Gasteiger partial charge in [-0.2, -0.15) is 0 Å². The third kappa shape index (κ3) is 3.18. The van der Waals surface area contributed by atoms with Crippen LogP contribution in [0.1, 0.15) is 43.3 Å². The molecule has 108 valence electrons. The van der Waals surface area contributed by atoms with Crippen molar-refractivity contribution in [1.82, 2.24) is 9.88 Å². The summed E-state index contributed by atoms with van der Waals surface area (Å²) in [6.45, 7) is 4.42. The lowest BCUT2D eigenvalue weighted by Gasteiger charge is -2.49. The molecule has 3 nitrogen and oxygen atoms in total. The monoisotopic (exact) mass is 281 g/mol. The summed E-state index contributed by atoms with van der Waals surface area (Å²) in [5, 5.41) is 3.29. The Balaban J connectivity index is 2.14. The average Bonchev–Trinajstić information content (AvgIpc) is 2.74. The van der Waals surface area contributed by atoms with Crippen molar-refractivity contribution in [1.29, 1.82) is 0 Å². The summed E-state index contributed by atoms with van der Waals surface area (Å²) < 4.78 is 0. The summed E-state index contributed by atoms with van der Waals surface area (Å²) in [4.78, 5) is 6.94. The van der Waals surface area contributed by atoms with E-state index in [2.05, 4.69) is 43.2 Å². The maximum atomic E-state index is 6.61. The summed E-state index contributed by atoms with van der Waals surface area (Å²) >= 11 is 1.72. The van der Waals surface area contributed by atoms with Gasteiger partial charge in [0.2, 0.25) is 0 Å².